The van der Waals surface area contributed by atoms with Crippen LogP contribution in [0.4, 0.5) is 0 Å². The van der Waals surface area contributed by atoms with Crippen LogP contribution in [0.25, 0.3) is 0 Å². The minimum atomic E-state index is 0.277. The Kier molecular flexibility index (Phi) is 5.83. The van der Waals surface area contributed by atoms with Crippen molar-refractivity contribution in [3.8, 4) is 0 Å². The van der Waals surface area contributed by atoms with E-state index in [1.807, 2.05) is 0 Å². The first-order valence-corrected chi connectivity index (χ1v) is 7.45. The van der Waals surface area contributed by atoms with E-state index in [1.165, 1.54) is 24.0 Å². The first-order valence-electron chi connectivity index (χ1n) is 7.45. The highest BCUT2D eigenvalue weighted by Gasteiger charge is 2.16. The van der Waals surface area contributed by atoms with Gasteiger partial charge in [-0.05, 0) is 17.5 Å². The molecule has 1 N–H and O–H groups in total. The third kappa shape index (κ3) is 4.60. The molecule has 0 aliphatic carbocycles. The van der Waals surface area contributed by atoms with Crippen LogP contribution < -0.4 is 0 Å². The molecule has 1 aromatic rings. The average Bonchev–Trinajstić information content (AvgIpc) is 2.44. The highest BCUT2D eigenvalue weighted by Crippen LogP contribution is 2.11. The van der Waals surface area contributed by atoms with Crippen LogP contribution in [0.5, 0.6) is 0 Å². The van der Waals surface area contributed by atoms with Crippen molar-refractivity contribution < 1.29 is 5.11 Å². The van der Waals surface area contributed by atoms with Gasteiger partial charge in [-0.25, -0.2) is 0 Å². The molecule has 0 radical (unpaired) electrons. The first kappa shape index (κ1) is 14.5. The maximum absolute atomic E-state index is 8.93. The number of piperazine rings is 1. The summed E-state index contributed by atoms with van der Waals surface area (Å²) in [6.45, 7) is 8.74. The Hall–Kier alpha value is -0.900. The van der Waals surface area contributed by atoms with Crippen molar-refractivity contribution in [2.45, 2.75) is 26.3 Å². The Morgan fingerprint density at radius 2 is 1.53 bits per heavy atom. The molecule has 0 atom stereocenters. The fraction of sp³-hybridized carbons (Fsp3) is 0.625. The normalized spacial score (nSPS) is 17.8. The number of aliphatic hydroxyl groups is 1. The van der Waals surface area contributed by atoms with E-state index in [0.29, 0.717) is 0 Å². The highest BCUT2D eigenvalue weighted by atomic mass is 16.3. The van der Waals surface area contributed by atoms with E-state index >= 15 is 0 Å². The van der Waals surface area contributed by atoms with Crippen LogP contribution in [-0.2, 0) is 13.0 Å². The molecule has 1 aliphatic rings. The van der Waals surface area contributed by atoms with Gasteiger partial charge in [0.15, 0.2) is 0 Å². The van der Waals surface area contributed by atoms with Gasteiger partial charge in [0.2, 0.25) is 0 Å². The molecular formula is C16H26N2O. The third-order valence-electron chi connectivity index (χ3n) is 3.85. The lowest BCUT2D eigenvalue weighted by Gasteiger charge is -2.34. The van der Waals surface area contributed by atoms with Gasteiger partial charge in [-0.3, -0.25) is 9.80 Å². The second kappa shape index (κ2) is 7.63. The van der Waals surface area contributed by atoms with Crippen LogP contribution in [0.15, 0.2) is 24.3 Å². The van der Waals surface area contributed by atoms with Crippen molar-refractivity contribution in [3.05, 3.63) is 35.4 Å². The minimum absolute atomic E-state index is 0.277. The standard InChI is InChI=1S/C16H26N2O/c1-2-3-15-4-6-16(7-5-15)14-18-10-8-17(9-11-18)12-13-19/h4-7,19H,2-3,8-14H2,1H3. The van der Waals surface area contributed by atoms with Gasteiger partial charge in [0.1, 0.15) is 0 Å². The zero-order valence-corrected chi connectivity index (χ0v) is 12.0. The third-order valence-corrected chi connectivity index (χ3v) is 3.85. The van der Waals surface area contributed by atoms with Crippen LogP contribution in [-0.4, -0.2) is 54.2 Å². The summed E-state index contributed by atoms with van der Waals surface area (Å²) in [4.78, 5) is 4.84. The van der Waals surface area contributed by atoms with E-state index in [-0.39, 0.29) is 6.61 Å². The topological polar surface area (TPSA) is 26.7 Å². The molecule has 106 valence electrons. The van der Waals surface area contributed by atoms with E-state index < -0.39 is 0 Å². The van der Waals surface area contributed by atoms with Crippen LogP contribution >= 0.6 is 0 Å². The Bertz CT molecular complexity index is 356. The molecule has 0 bridgehead atoms. The second-order valence-corrected chi connectivity index (χ2v) is 5.41. The lowest BCUT2D eigenvalue weighted by molar-refractivity contribution is 0.108. The molecule has 0 unspecified atom stereocenters. The monoisotopic (exact) mass is 262 g/mol. The largest absolute Gasteiger partial charge is 0.395 e. The van der Waals surface area contributed by atoms with Crippen molar-refractivity contribution in [1.82, 2.24) is 9.80 Å². The predicted octanol–water partition coefficient (Wildman–Crippen LogP) is 1.75. The number of benzene rings is 1. The number of nitrogens with zero attached hydrogens (tertiary/aromatic N) is 2. The summed E-state index contributed by atoms with van der Waals surface area (Å²) < 4.78 is 0. The number of rotatable bonds is 6. The van der Waals surface area contributed by atoms with Gasteiger partial charge in [-0.1, -0.05) is 37.6 Å². The first-order chi connectivity index (χ1) is 9.31. The van der Waals surface area contributed by atoms with Crippen molar-refractivity contribution in [2.24, 2.45) is 0 Å². The second-order valence-electron chi connectivity index (χ2n) is 5.41. The summed E-state index contributed by atoms with van der Waals surface area (Å²) in [5.41, 5.74) is 2.86. The molecule has 1 fully saturated rings. The number of hydrogen-bond donors (Lipinski definition) is 1. The molecule has 1 saturated heterocycles. The summed E-state index contributed by atoms with van der Waals surface area (Å²) in [6, 6.07) is 9.07. The molecule has 3 heteroatoms. The van der Waals surface area contributed by atoms with E-state index in [4.69, 9.17) is 5.11 Å². The van der Waals surface area contributed by atoms with Crippen LogP contribution in [0.1, 0.15) is 24.5 Å². The number of aliphatic hydroxyl groups excluding tert-OH is 1. The number of β-amino-alcohol motifs (C(OH)–C–C–N with tert-alkyl or cyclic N) is 1. The van der Waals surface area contributed by atoms with E-state index in [2.05, 4.69) is 41.0 Å². The quantitative estimate of drug-likeness (QED) is 0.846. The zero-order chi connectivity index (χ0) is 13.5. The zero-order valence-electron chi connectivity index (χ0n) is 12.0. The molecule has 0 amide bonds. The highest BCUT2D eigenvalue weighted by molar-refractivity contribution is 5.22. The fourth-order valence-electron chi connectivity index (χ4n) is 2.67. The predicted molar refractivity (Wildman–Crippen MR) is 79.2 cm³/mol. The van der Waals surface area contributed by atoms with Crippen molar-refractivity contribution in [2.75, 3.05) is 39.3 Å². The molecule has 2 rings (SSSR count). The van der Waals surface area contributed by atoms with Gasteiger partial charge in [0.05, 0.1) is 6.61 Å². The summed E-state index contributed by atoms with van der Waals surface area (Å²) in [5, 5.41) is 8.93. The maximum Gasteiger partial charge on any atom is 0.0558 e. The van der Waals surface area contributed by atoms with E-state index in [0.717, 1.165) is 39.3 Å². The van der Waals surface area contributed by atoms with Gasteiger partial charge in [-0.2, -0.15) is 0 Å². The summed E-state index contributed by atoms with van der Waals surface area (Å²) in [7, 11) is 0. The van der Waals surface area contributed by atoms with Gasteiger partial charge >= 0.3 is 0 Å². The molecule has 0 saturated carbocycles. The number of aryl methyl sites for hydroxylation is 1. The van der Waals surface area contributed by atoms with Crippen molar-refractivity contribution in [3.63, 3.8) is 0 Å². The summed E-state index contributed by atoms with van der Waals surface area (Å²) in [5.74, 6) is 0. The Labute approximate surface area is 116 Å². The molecular weight excluding hydrogens is 236 g/mol. The van der Waals surface area contributed by atoms with Crippen LogP contribution in [0, 0.1) is 0 Å². The molecule has 19 heavy (non-hydrogen) atoms. The van der Waals surface area contributed by atoms with Gasteiger partial charge in [0.25, 0.3) is 0 Å². The minimum Gasteiger partial charge on any atom is -0.395 e. The smallest absolute Gasteiger partial charge is 0.0558 e. The summed E-state index contributed by atoms with van der Waals surface area (Å²) in [6.07, 6.45) is 2.40. The van der Waals surface area contributed by atoms with Crippen LogP contribution in [0.2, 0.25) is 0 Å². The average molecular weight is 262 g/mol. The van der Waals surface area contributed by atoms with Crippen molar-refractivity contribution >= 4 is 0 Å². The molecule has 3 nitrogen and oxygen atoms in total. The van der Waals surface area contributed by atoms with Crippen LogP contribution in [0.3, 0.4) is 0 Å². The van der Waals surface area contributed by atoms with Gasteiger partial charge in [0, 0.05) is 39.3 Å². The SMILES string of the molecule is CCCc1ccc(CN2CCN(CCO)CC2)cc1. The lowest BCUT2D eigenvalue weighted by atomic mass is 10.1. The molecule has 1 heterocycles. The molecule has 1 aromatic carbocycles. The fourth-order valence-corrected chi connectivity index (χ4v) is 2.67. The van der Waals surface area contributed by atoms with Gasteiger partial charge in [-0.15, -0.1) is 0 Å². The summed E-state index contributed by atoms with van der Waals surface area (Å²) >= 11 is 0. The van der Waals surface area contributed by atoms with Gasteiger partial charge < -0.3 is 5.11 Å². The Morgan fingerprint density at radius 3 is 2.11 bits per heavy atom. The van der Waals surface area contributed by atoms with E-state index in [1.54, 1.807) is 0 Å². The molecule has 1 aliphatic heterocycles. The molecule has 0 aromatic heterocycles. The Balaban J connectivity index is 1.78. The van der Waals surface area contributed by atoms with Crippen molar-refractivity contribution in [1.29, 1.82) is 0 Å². The van der Waals surface area contributed by atoms with E-state index in [9.17, 15) is 0 Å². The number of hydrogen-bond acceptors (Lipinski definition) is 3. The lowest BCUT2D eigenvalue weighted by Crippen LogP contribution is -2.46. The maximum atomic E-state index is 8.93. The Morgan fingerprint density at radius 1 is 0.947 bits per heavy atom. The molecule has 0 spiro atoms.